The Bertz CT molecular complexity index is 1260. The highest BCUT2D eigenvalue weighted by atomic mass is 79.9. The Hall–Kier alpha value is -3.58. The lowest BCUT2D eigenvalue weighted by molar-refractivity contribution is 0.0600. The summed E-state index contributed by atoms with van der Waals surface area (Å²) in [7, 11) is 4.66. The second-order valence-corrected chi connectivity index (χ2v) is 8.11. The highest BCUT2D eigenvalue weighted by Crippen LogP contribution is 2.38. The van der Waals surface area contributed by atoms with Crippen LogP contribution in [0, 0.1) is 0 Å². The monoisotopic (exact) mass is 506 g/mol. The third-order valence-electron chi connectivity index (χ3n) is 5.30. The summed E-state index contributed by atoms with van der Waals surface area (Å²) in [6, 6.07) is 23.0. The van der Waals surface area contributed by atoms with Crippen LogP contribution in [0.1, 0.15) is 15.9 Å². The van der Waals surface area contributed by atoms with Crippen molar-refractivity contribution in [1.29, 1.82) is 0 Å². The highest BCUT2D eigenvalue weighted by molar-refractivity contribution is 9.10. The molecule has 33 heavy (non-hydrogen) atoms. The summed E-state index contributed by atoms with van der Waals surface area (Å²) in [5.74, 6) is 1.19. The van der Waals surface area contributed by atoms with Gasteiger partial charge in [0, 0.05) is 11.1 Å². The summed E-state index contributed by atoms with van der Waals surface area (Å²) in [5.41, 5.74) is 5.12. The molecule has 0 unspecified atom stereocenters. The van der Waals surface area contributed by atoms with Crippen LogP contribution in [0.25, 0.3) is 22.5 Å². The van der Waals surface area contributed by atoms with Gasteiger partial charge in [0.05, 0.1) is 43.6 Å². The van der Waals surface area contributed by atoms with Crippen LogP contribution in [0.2, 0.25) is 0 Å². The Morgan fingerprint density at radius 2 is 1.48 bits per heavy atom. The topological polar surface area (TPSA) is 62.6 Å². The van der Waals surface area contributed by atoms with E-state index in [-0.39, 0.29) is 5.97 Å². The van der Waals surface area contributed by atoms with Crippen molar-refractivity contribution in [3.8, 4) is 34.0 Å². The quantitative estimate of drug-likeness (QED) is 0.295. The number of benzene rings is 3. The second-order valence-electron chi connectivity index (χ2n) is 7.32. The molecule has 0 aliphatic carbocycles. The molecule has 4 aromatic rings. The number of halogens is 1. The summed E-state index contributed by atoms with van der Waals surface area (Å²) in [5, 5.41) is 4.93. The van der Waals surface area contributed by atoms with E-state index in [1.54, 1.807) is 20.3 Å². The predicted molar refractivity (Wildman–Crippen MR) is 131 cm³/mol. The zero-order chi connectivity index (χ0) is 23.4. The molecule has 1 heterocycles. The lowest BCUT2D eigenvalue weighted by atomic mass is 10.1. The first-order chi connectivity index (χ1) is 16.0. The molecule has 168 valence electrons. The van der Waals surface area contributed by atoms with Crippen molar-refractivity contribution < 1.29 is 19.0 Å². The maximum Gasteiger partial charge on any atom is 0.337 e. The number of aromatic nitrogens is 2. The average molecular weight is 507 g/mol. The molecular formula is C26H23BrN2O4. The molecule has 0 atom stereocenters. The molecule has 1 aromatic heterocycles. The van der Waals surface area contributed by atoms with E-state index in [1.807, 2.05) is 71.4 Å². The van der Waals surface area contributed by atoms with Crippen LogP contribution in [0.3, 0.4) is 0 Å². The first kappa shape index (κ1) is 22.6. The molecule has 3 aromatic carbocycles. The van der Waals surface area contributed by atoms with Crippen molar-refractivity contribution in [2.45, 2.75) is 6.54 Å². The normalized spacial score (nSPS) is 10.7. The molecule has 0 saturated carbocycles. The maximum atomic E-state index is 12.0. The van der Waals surface area contributed by atoms with Gasteiger partial charge >= 0.3 is 5.97 Å². The van der Waals surface area contributed by atoms with E-state index in [0.717, 1.165) is 44.0 Å². The number of hydrogen-bond acceptors (Lipinski definition) is 5. The number of esters is 1. The minimum Gasteiger partial charge on any atom is -0.497 e. The van der Waals surface area contributed by atoms with Crippen LogP contribution >= 0.6 is 15.9 Å². The van der Waals surface area contributed by atoms with Crippen molar-refractivity contribution in [1.82, 2.24) is 9.78 Å². The molecule has 0 N–H and O–H groups in total. The standard InChI is InChI=1S/C26H23BrN2O4/c1-31-21-11-7-18(8-12-21)24-23(27)25(19-9-13-22(32-2)14-10-19)29(28-24)16-17-5-4-6-20(15-17)26(30)33-3/h4-15H,16H2,1-3H3. The van der Waals surface area contributed by atoms with Crippen LogP contribution in [0.5, 0.6) is 11.5 Å². The maximum absolute atomic E-state index is 12.0. The molecule has 0 saturated heterocycles. The number of carbonyl (C=O) groups is 1. The van der Waals surface area contributed by atoms with Crippen molar-refractivity contribution in [3.63, 3.8) is 0 Å². The van der Waals surface area contributed by atoms with Gasteiger partial charge in [-0.3, -0.25) is 4.68 Å². The molecule has 7 heteroatoms. The lowest BCUT2D eigenvalue weighted by Crippen LogP contribution is -2.06. The molecule has 0 aliphatic rings. The zero-order valence-electron chi connectivity index (χ0n) is 18.5. The van der Waals surface area contributed by atoms with Gasteiger partial charge in [0.2, 0.25) is 0 Å². The van der Waals surface area contributed by atoms with Crippen molar-refractivity contribution in [3.05, 3.63) is 88.4 Å². The summed E-state index contributed by atoms with van der Waals surface area (Å²) < 4.78 is 18.3. The molecule has 0 amide bonds. The number of rotatable bonds is 7. The van der Waals surface area contributed by atoms with E-state index in [2.05, 4.69) is 15.9 Å². The second kappa shape index (κ2) is 9.92. The molecule has 0 fully saturated rings. The predicted octanol–water partition coefficient (Wildman–Crippen LogP) is 5.83. The Kier molecular flexibility index (Phi) is 6.79. The van der Waals surface area contributed by atoms with E-state index in [9.17, 15) is 4.79 Å². The third kappa shape index (κ3) is 4.78. The van der Waals surface area contributed by atoms with Crippen LogP contribution < -0.4 is 9.47 Å². The Labute approximate surface area is 200 Å². The fourth-order valence-electron chi connectivity index (χ4n) is 3.60. The smallest absolute Gasteiger partial charge is 0.337 e. The molecule has 0 aliphatic heterocycles. The number of hydrogen-bond donors (Lipinski definition) is 0. The van der Waals surface area contributed by atoms with E-state index in [1.165, 1.54) is 7.11 Å². The van der Waals surface area contributed by atoms with Gasteiger partial charge in [-0.25, -0.2) is 4.79 Å². The van der Waals surface area contributed by atoms with Crippen LogP contribution in [0.15, 0.2) is 77.3 Å². The van der Waals surface area contributed by atoms with Gasteiger partial charge in [-0.1, -0.05) is 12.1 Å². The summed E-state index contributed by atoms with van der Waals surface area (Å²) in [4.78, 5) is 12.0. The largest absolute Gasteiger partial charge is 0.497 e. The fourth-order valence-corrected chi connectivity index (χ4v) is 4.34. The van der Waals surface area contributed by atoms with Gasteiger partial charge in [0.15, 0.2) is 0 Å². The number of nitrogens with zero attached hydrogens (tertiary/aromatic N) is 2. The van der Waals surface area contributed by atoms with Crippen molar-refractivity contribution >= 4 is 21.9 Å². The minimum absolute atomic E-state index is 0.368. The SMILES string of the molecule is COC(=O)c1cccc(Cn2nc(-c3ccc(OC)cc3)c(Br)c2-c2ccc(OC)cc2)c1. The first-order valence-electron chi connectivity index (χ1n) is 10.3. The van der Waals surface area contributed by atoms with Gasteiger partial charge in [0.25, 0.3) is 0 Å². The Balaban J connectivity index is 1.81. The summed E-state index contributed by atoms with van der Waals surface area (Å²) in [6.45, 7) is 0.473. The van der Waals surface area contributed by atoms with E-state index in [0.29, 0.717) is 12.1 Å². The van der Waals surface area contributed by atoms with E-state index in [4.69, 9.17) is 19.3 Å². The number of carbonyl (C=O) groups excluding carboxylic acids is 1. The third-order valence-corrected chi connectivity index (χ3v) is 6.05. The van der Waals surface area contributed by atoms with Gasteiger partial charge in [0.1, 0.15) is 17.2 Å². The first-order valence-corrected chi connectivity index (χ1v) is 11.1. The summed E-state index contributed by atoms with van der Waals surface area (Å²) >= 11 is 3.79. The molecule has 6 nitrogen and oxygen atoms in total. The fraction of sp³-hybridized carbons (Fsp3) is 0.154. The van der Waals surface area contributed by atoms with Crippen LogP contribution in [-0.2, 0) is 11.3 Å². The van der Waals surface area contributed by atoms with Crippen LogP contribution in [-0.4, -0.2) is 37.1 Å². The average Bonchev–Trinajstić information content (AvgIpc) is 3.19. The summed E-state index contributed by atoms with van der Waals surface area (Å²) in [6.07, 6.45) is 0. The van der Waals surface area contributed by atoms with E-state index >= 15 is 0 Å². The van der Waals surface area contributed by atoms with Gasteiger partial charge < -0.3 is 14.2 Å². The van der Waals surface area contributed by atoms with Crippen LogP contribution in [0.4, 0.5) is 0 Å². The van der Waals surface area contributed by atoms with Crippen molar-refractivity contribution in [2.24, 2.45) is 0 Å². The van der Waals surface area contributed by atoms with E-state index < -0.39 is 0 Å². The molecular weight excluding hydrogens is 484 g/mol. The number of methoxy groups -OCH3 is 3. The molecule has 4 rings (SSSR count). The Morgan fingerprint density at radius 1 is 0.879 bits per heavy atom. The van der Waals surface area contributed by atoms with Gasteiger partial charge in [-0.15, -0.1) is 0 Å². The Morgan fingerprint density at radius 3 is 2.06 bits per heavy atom. The van der Waals surface area contributed by atoms with Gasteiger partial charge in [-0.2, -0.15) is 5.10 Å². The zero-order valence-corrected chi connectivity index (χ0v) is 20.1. The lowest BCUT2D eigenvalue weighted by Gasteiger charge is -2.10. The molecule has 0 radical (unpaired) electrons. The molecule has 0 spiro atoms. The van der Waals surface area contributed by atoms with Crippen molar-refractivity contribution in [2.75, 3.05) is 21.3 Å². The molecule has 0 bridgehead atoms. The number of ether oxygens (including phenoxy) is 3. The van der Waals surface area contributed by atoms with Gasteiger partial charge in [-0.05, 0) is 82.2 Å². The minimum atomic E-state index is -0.368. The highest BCUT2D eigenvalue weighted by Gasteiger charge is 2.20.